The van der Waals surface area contributed by atoms with Gasteiger partial charge in [-0.1, -0.05) is 18.2 Å². The van der Waals surface area contributed by atoms with E-state index in [1.807, 2.05) is 37.3 Å². The Bertz CT molecular complexity index is 913. The van der Waals surface area contributed by atoms with Gasteiger partial charge in [0, 0.05) is 18.8 Å². The summed E-state index contributed by atoms with van der Waals surface area (Å²) in [5.41, 5.74) is 1.47. The highest BCUT2D eigenvalue weighted by Gasteiger charge is 2.33. The third-order valence-electron chi connectivity index (χ3n) is 4.80. The molecule has 6 nitrogen and oxygen atoms in total. The van der Waals surface area contributed by atoms with Crippen molar-refractivity contribution in [3.63, 3.8) is 0 Å². The molecule has 0 aromatic heterocycles. The van der Waals surface area contributed by atoms with E-state index in [2.05, 4.69) is 5.32 Å². The number of anilines is 1. The number of aryl methyl sites for hydroxylation is 1. The third-order valence-corrected chi connectivity index (χ3v) is 6.66. The highest BCUT2D eigenvalue weighted by Crippen LogP contribution is 2.27. The fourth-order valence-electron chi connectivity index (χ4n) is 3.30. The molecule has 1 atom stereocenters. The zero-order valence-electron chi connectivity index (χ0n) is 15.5. The number of hydrogen-bond acceptors (Lipinski definition) is 4. The van der Waals surface area contributed by atoms with Crippen molar-refractivity contribution in [2.45, 2.75) is 24.7 Å². The summed E-state index contributed by atoms with van der Waals surface area (Å²) >= 11 is 0. The Morgan fingerprint density at radius 1 is 1.19 bits per heavy atom. The Labute approximate surface area is 160 Å². The van der Waals surface area contributed by atoms with E-state index in [0.717, 1.165) is 5.56 Å². The van der Waals surface area contributed by atoms with E-state index in [0.29, 0.717) is 30.8 Å². The molecule has 0 unspecified atom stereocenters. The van der Waals surface area contributed by atoms with Crippen LogP contribution in [0.25, 0.3) is 0 Å². The summed E-state index contributed by atoms with van der Waals surface area (Å²) in [6.07, 6.45) is 1.33. The average Bonchev–Trinajstić information content (AvgIpc) is 2.68. The molecule has 3 rings (SSSR count). The number of methoxy groups -OCH3 is 1. The van der Waals surface area contributed by atoms with Gasteiger partial charge >= 0.3 is 0 Å². The lowest BCUT2D eigenvalue weighted by Crippen LogP contribution is -2.43. The third kappa shape index (κ3) is 4.31. The van der Waals surface area contributed by atoms with E-state index < -0.39 is 10.0 Å². The SMILES string of the molecule is COc1ccc(S(=O)(=O)N2CCC[C@@H](C(=O)Nc3ccccc3)C2)cc1C. The summed E-state index contributed by atoms with van der Waals surface area (Å²) in [5, 5.41) is 2.87. The molecule has 1 amide bonds. The monoisotopic (exact) mass is 388 g/mol. The topological polar surface area (TPSA) is 75.7 Å². The van der Waals surface area contributed by atoms with Gasteiger partial charge < -0.3 is 10.1 Å². The number of amides is 1. The highest BCUT2D eigenvalue weighted by atomic mass is 32.2. The minimum atomic E-state index is -3.65. The van der Waals surface area contributed by atoms with Crippen molar-refractivity contribution in [2.24, 2.45) is 5.92 Å². The van der Waals surface area contributed by atoms with Crippen LogP contribution in [-0.4, -0.2) is 38.8 Å². The van der Waals surface area contributed by atoms with Gasteiger partial charge in [0.15, 0.2) is 0 Å². The molecule has 1 aliphatic heterocycles. The van der Waals surface area contributed by atoms with Crippen LogP contribution in [0.3, 0.4) is 0 Å². The molecule has 0 radical (unpaired) electrons. The molecule has 27 heavy (non-hydrogen) atoms. The van der Waals surface area contributed by atoms with Crippen molar-refractivity contribution in [3.05, 3.63) is 54.1 Å². The van der Waals surface area contributed by atoms with Crippen LogP contribution in [-0.2, 0) is 14.8 Å². The number of piperidine rings is 1. The van der Waals surface area contributed by atoms with Crippen molar-refractivity contribution in [2.75, 3.05) is 25.5 Å². The maximum absolute atomic E-state index is 13.0. The van der Waals surface area contributed by atoms with Crippen LogP contribution in [0.15, 0.2) is 53.4 Å². The Hall–Kier alpha value is -2.38. The number of hydrogen-bond donors (Lipinski definition) is 1. The summed E-state index contributed by atoms with van der Waals surface area (Å²) in [5.74, 6) is 0.132. The van der Waals surface area contributed by atoms with Crippen molar-refractivity contribution < 1.29 is 17.9 Å². The number of para-hydroxylation sites is 1. The van der Waals surface area contributed by atoms with Crippen LogP contribution in [0.1, 0.15) is 18.4 Å². The van der Waals surface area contributed by atoms with Crippen molar-refractivity contribution in [1.29, 1.82) is 0 Å². The van der Waals surface area contributed by atoms with Gasteiger partial charge in [-0.25, -0.2) is 8.42 Å². The van der Waals surface area contributed by atoms with Crippen LogP contribution < -0.4 is 10.1 Å². The molecule has 1 heterocycles. The molecular formula is C20H24N2O4S. The number of sulfonamides is 1. The van der Waals surface area contributed by atoms with Gasteiger partial charge in [0.2, 0.25) is 15.9 Å². The molecule has 1 N–H and O–H groups in total. The zero-order valence-corrected chi connectivity index (χ0v) is 16.3. The Balaban J connectivity index is 1.75. The molecule has 0 aliphatic carbocycles. The predicted molar refractivity (Wildman–Crippen MR) is 104 cm³/mol. The molecule has 2 aromatic rings. The Morgan fingerprint density at radius 3 is 2.59 bits per heavy atom. The minimum absolute atomic E-state index is 0.146. The normalized spacial score (nSPS) is 18.1. The maximum Gasteiger partial charge on any atom is 0.243 e. The largest absolute Gasteiger partial charge is 0.496 e. The lowest BCUT2D eigenvalue weighted by molar-refractivity contribution is -0.120. The molecule has 1 fully saturated rings. The van der Waals surface area contributed by atoms with E-state index in [1.54, 1.807) is 25.3 Å². The number of nitrogens with one attached hydrogen (secondary N) is 1. The van der Waals surface area contributed by atoms with Gasteiger partial charge in [-0.3, -0.25) is 4.79 Å². The molecule has 1 saturated heterocycles. The number of benzene rings is 2. The lowest BCUT2D eigenvalue weighted by Gasteiger charge is -2.31. The van der Waals surface area contributed by atoms with Gasteiger partial charge in [-0.05, 0) is 55.7 Å². The fraction of sp³-hybridized carbons (Fsp3) is 0.350. The number of carbonyl (C=O) groups excluding carboxylic acids is 1. The summed E-state index contributed by atoms with van der Waals surface area (Å²) in [7, 11) is -2.10. The summed E-state index contributed by atoms with van der Waals surface area (Å²) in [6.45, 7) is 2.42. The molecule has 1 aliphatic rings. The predicted octanol–water partition coefficient (Wildman–Crippen LogP) is 3.04. The lowest BCUT2D eigenvalue weighted by atomic mass is 9.99. The van der Waals surface area contributed by atoms with Gasteiger partial charge in [0.25, 0.3) is 0 Å². The molecular weight excluding hydrogens is 364 g/mol. The van der Waals surface area contributed by atoms with E-state index in [1.165, 1.54) is 4.31 Å². The van der Waals surface area contributed by atoms with Gasteiger partial charge in [0.05, 0.1) is 17.9 Å². The van der Waals surface area contributed by atoms with Gasteiger partial charge in [-0.2, -0.15) is 4.31 Å². The van der Waals surface area contributed by atoms with Crippen molar-refractivity contribution >= 4 is 21.6 Å². The summed E-state index contributed by atoms with van der Waals surface area (Å²) < 4.78 is 32.6. The van der Waals surface area contributed by atoms with Gasteiger partial charge in [-0.15, -0.1) is 0 Å². The van der Waals surface area contributed by atoms with Crippen LogP contribution in [0.4, 0.5) is 5.69 Å². The maximum atomic E-state index is 13.0. The molecule has 144 valence electrons. The molecule has 0 bridgehead atoms. The Morgan fingerprint density at radius 2 is 1.93 bits per heavy atom. The number of ether oxygens (including phenoxy) is 1. The number of carbonyl (C=O) groups is 1. The summed E-state index contributed by atoms with van der Waals surface area (Å²) in [4.78, 5) is 12.8. The van der Waals surface area contributed by atoms with Gasteiger partial charge in [0.1, 0.15) is 5.75 Å². The van der Waals surface area contributed by atoms with Crippen LogP contribution >= 0.6 is 0 Å². The van der Waals surface area contributed by atoms with E-state index in [9.17, 15) is 13.2 Å². The second-order valence-corrected chi connectivity index (χ2v) is 8.63. The van der Waals surface area contributed by atoms with Crippen molar-refractivity contribution in [1.82, 2.24) is 4.31 Å². The van der Waals surface area contributed by atoms with Crippen LogP contribution in [0.2, 0.25) is 0 Å². The first-order valence-electron chi connectivity index (χ1n) is 8.92. The fourth-order valence-corrected chi connectivity index (χ4v) is 4.91. The second-order valence-electron chi connectivity index (χ2n) is 6.69. The quantitative estimate of drug-likeness (QED) is 0.854. The van der Waals surface area contributed by atoms with Crippen LogP contribution in [0.5, 0.6) is 5.75 Å². The smallest absolute Gasteiger partial charge is 0.243 e. The standard InChI is InChI=1S/C20H24N2O4S/c1-15-13-18(10-11-19(15)26-2)27(24,25)22-12-6-7-16(14-22)20(23)21-17-8-4-3-5-9-17/h3-5,8-11,13,16H,6-7,12,14H2,1-2H3,(H,21,23)/t16-/m1/s1. The van der Waals surface area contributed by atoms with E-state index in [-0.39, 0.29) is 23.3 Å². The molecule has 0 saturated carbocycles. The van der Waals surface area contributed by atoms with E-state index >= 15 is 0 Å². The molecule has 7 heteroatoms. The number of nitrogens with zero attached hydrogens (tertiary/aromatic N) is 1. The van der Waals surface area contributed by atoms with Crippen LogP contribution in [0, 0.1) is 12.8 Å². The number of rotatable bonds is 5. The average molecular weight is 388 g/mol. The first-order chi connectivity index (χ1) is 12.9. The second kappa shape index (κ2) is 8.10. The van der Waals surface area contributed by atoms with E-state index in [4.69, 9.17) is 4.74 Å². The first-order valence-corrected chi connectivity index (χ1v) is 10.4. The molecule has 2 aromatic carbocycles. The summed E-state index contributed by atoms with van der Waals surface area (Å²) in [6, 6.07) is 14.0. The zero-order chi connectivity index (χ0) is 19.4. The first kappa shape index (κ1) is 19.4. The molecule has 0 spiro atoms. The minimum Gasteiger partial charge on any atom is -0.496 e. The highest BCUT2D eigenvalue weighted by molar-refractivity contribution is 7.89. The Kier molecular flexibility index (Phi) is 5.82. The van der Waals surface area contributed by atoms with Crippen molar-refractivity contribution in [3.8, 4) is 5.75 Å².